The summed E-state index contributed by atoms with van der Waals surface area (Å²) in [4.78, 5) is 13.9. The third kappa shape index (κ3) is 3.49. The summed E-state index contributed by atoms with van der Waals surface area (Å²) >= 11 is 0. The molecule has 0 saturated carbocycles. The Labute approximate surface area is 142 Å². The molecule has 0 radical (unpaired) electrons. The monoisotopic (exact) mass is 335 g/mol. The molecule has 6 heteroatoms. The van der Waals surface area contributed by atoms with Crippen LogP contribution in [0.5, 0.6) is 11.5 Å². The molecule has 2 aliphatic heterocycles. The van der Waals surface area contributed by atoms with E-state index in [9.17, 15) is 9.90 Å². The number of likely N-dealkylation sites (tertiary alicyclic amines) is 1. The highest BCUT2D eigenvalue weighted by molar-refractivity contribution is 5.76. The highest BCUT2D eigenvalue weighted by Gasteiger charge is 2.53. The molecule has 1 N–H and O–H groups in total. The average molecular weight is 335 g/mol. The Morgan fingerprint density at radius 3 is 2.92 bits per heavy atom. The lowest BCUT2D eigenvalue weighted by molar-refractivity contribution is -0.159. The summed E-state index contributed by atoms with van der Waals surface area (Å²) in [5.41, 5.74) is -0.743. The van der Waals surface area contributed by atoms with Gasteiger partial charge in [-0.1, -0.05) is 6.07 Å². The van der Waals surface area contributed by atoms with Gasteiger partial charge in [-0.15, -0.1) is 0 Å². The fourth-order valence-corrected chi connectivity index (χ4v) is 3.68. The number of rotatable bonds is 7. The maximum atomic E-state index is 11.7. The topological polar surface area (TPSA) is 68.2 Å². The second kappa shape index (κ2) is 7.40. The maximum absolute atomic E-state index is 11.7. The van der Waals surface area contributed by atoms with Gasteiger partial charge >= 0.3 is 5.97 Å². The normalized spacial score (nSPS) is 26.8. The van der Waals surface area contributed by atoms with Gasteiger partial charge in [0.25, 0.3) is 0 Å². The van der Waals surface area contributed by atoms with Crippen LogP contribution < -0.4 is 9.47 Å². The summed E-state index contributed by atoms with van der Waals surface area (Å²) in [6.45, 7) is 6.13. The Morgan fingerprint density at radius 1 is 1.42 bits per heavy atom. The molecular weight excluding hydrogens is 310 g/mol. The molecule has 0 bridgehead atoms. The second-order valence-electron chi connectivity index (χ2n) is 6.49. The van der Waals surface area contributed by atoms with E-state index in [2.05, 4.69) is 4.90 Å². The van der Waals surface area contributed by atoms with Crippen LogP contribution >= 0.6 is 0 Å². The van der Waals surface area contributed by atoms with Crippen molar-refractivity contribution in [1.82, 2.24) is 4.90 Å². The Hall–Kier alpha value is -1.79. The number of ether oxygens (including phenoxy) is 3. The standard InChI is InChI=1S/C18H25NO5/c1-2-23-15-4-3-5-16(10-15)24-9-7-19-11-14-6-8-22-13-18(14,12-19)17(20)21/h3-5,10,14H,2,6-9,11-13H2,1H3,(H,20,21)/t14-,18+/m0/s1. The van der Waals surface area contributed by atoms with Crippen molar-refractivity contribution >= 4 is 5.97 Å². The molecule has 0 spiro atoms. The summed E-state index contributed by atoms with van der Waals surface area (Å²) in [6, 6.07) is 7.58. The van der Waals surface area contributed by atoms with Crippen molar-refractivity contribution in [3.05, 3.63) is 24.3 Å². The van der Waals surface area contributed by atoms with E-state index in [1.165, 1.54) is 0 Å². The quantitative estimate of drug-likeness (QED) is 0.821. The fourth-order valence-electron chi connectivity index (χ4n) is 3.68. The first-order valence-corrected chi connectivity index (χ1v) is 8.53. The van der Waals surface area contributed by atoms with Crippen LogP contribution in [0.4, 0.5) is 0 Å². The molecule has 2 saturated heterocycles. The summed E-state index contributed by atoms with van der Waals surface area (Å²) in [7, 11) is 0. The van der Waals surface area contributed by atoms with Gasteiger partial charge in [-0.05, 0) is 31.4 Å². The first-order valence-electron chi connectivity index (χ1n) is 8.53. The predicted molar refractivity (Wildman–Crippen MR) is 88.5 cm³/mol. The number of nitrogens with zero attached hydrogens (tertiary/aromatic N) is 1. The highest BCUT2D eigenvalue weighted by Crippen LogP contribution is 2.41. The zero-order valence-corrected chi connectivity index (χ0v) is 14.1. The Morgan fingerprint density at radius 2 is 2.21 bits per heavy atom. The van der Waals surface area contributed by atoms with Gasteiger partial charge in [0, 0.05) is 32.3 Å². The first kappa shape index (κ1) is 17.0. The number of fused-ring (bicyclic) bond motifs is 1. The maximum Gasteiger partial charge on any atom is 0.313 e. The van der Waals surface area contributed by atoms with Crippen molar-refractivity contribution < 1.29 is 24.1 Å². The minimum atomic E-state index is -0.743. The molecule has 2 aliphatic rings. The molecule has 0 unspecified atom stereocenters. The van der Waals surface area contributed by atoms with Gasteiger partial charge in [-0.25, -0.2) is 0 Å². The van der Waals surface area contributed by atoms with Gasteiger partial charge in [-0.3, -0.25) is 9.69 Å². The molecule has 2 fully saturated rings. The van der Waals surface area contributed by atoms with Gasteiger partial charge < -0.3 is 19.3 Å². The molecule has 1 aromatic rings. The SMILES string of the molecule is CCOc1cccc(OCCN2C[C@@H]3CCOC[C@]3(C(=O)O)C2)c1. The lowest BCUT2D eigenvalue weighted by atomic mass is 9.76. The highest BCUT2D eigenvalue weighted by atomic mass is 16.5. The molecule has 6 nitrogen and oxygen atoms in total. The van der Waals surface area contributed by atoms with Crippen molar-refractivity contribution in [2.24, 2.45) is 11.3 Å². The number of aliphatic carboxylic acids is 1. The molecular formula is C18H25NO5. The largest absolute Gasteiger partial charge is 0.494 e. The van der Waals surface area contributed by atoms with E-state index in [0.717, 1.165) is 24.5 Å². The molecule has 1 aromatic carbocycles. The molecule has 3 rings (SSSR count). The number of hydrogen-bond donors (Lipinski definition) is 1. The molecule has 2 atom stereocenters. The van der Waals surface area contributed by atoms with Crippen LogP contribution in [-0.2, 0) is 9.53 Å². The number of benzene rings is 1. The zero-order valence-electron chi connectivity index (χ0n) is 14.1. The lowest BCUT2D eigenvalue weighted by Crippen LogP contribution is -2.46. The van der Waals surface area contributed by atoms with E-state index in [0.29, 0.717) is 39.5 Å². The smallest absolute Gasteiger partial charge is 0.313 e. The van der Waals surface area contributed by atoms with E-state index in [1.807, 2.05) is 31.2 Å². The molecule has 2 heterocycles. The van der Waals surface area contributed by atoms with E-state index in [-0.39, 0.29) is 5.92 Å². The zero-order chi connectivity index (χ0) is 17.0. The van der Waals surface area contributed by atoms with Gasteiger partial charge in [0.2, 0.25) is 0 Å². The Bertz CT molecular complexity index is 578. The van der Waals surface area contributed by atoms with Crippen molar-refractivity contribution in [1.29, 1.82) is 0 Å². The molecule has 0 amide bonds. The summed E-state index contributed by atoms with van der Waals surface area (Å²) in [5, 5.41) is 9.65. The van der Waals surface area contributed by atoms with Crippen molar-refractivity contribution in [2.75, 3.05) is 46.1 Å². The van der Waals surface area contributed by atoms with E-state index in [1.54, 1.807) is 0 Å². The van der Waals surface area contributed by atoms with Crippen LogP contribution in [0.15, 0.2) is 24.3 Å². The van der Waals surface area contributed by atoms with Gasteiger partial charge in [0.1, 0.15) is 23.5 Å². The minimum Gasteiger partial charge on any atom is -0.494 e. The summed E-state index contributed by atoms with van der Waals surface area (Å²) in [5.74, 6) is 1.00. The molecule has 132 valence electrons. The van der Waals surface area contributed by atoms with E-state index in [4.69, 9.17) is 14.2 Å². The van der Waals surface area contributed by atoms with Gasteiger partial charge in [0.05, 0.1) is 13.2 Å². The summed E-state index contributed by atoms with van der Waals surface area (Å²) < 4.78 is 16.7. The molecule has 24 heavy (non-hydrogen) atoms. The average Bonchev–Trinajstić information content (AvgIpc) is 2.95. The third-order valence-electron chi connectivity index (χ3n) is 4.95. The predicted octanol–water partition coefficient (Wildman–Crippen LogP) is 1.89. The number of carboxylic acid groups (broad SMARTS) is 1. The van der Waals surface area contributed by atoms with Crippen LogP contribution in [-0.4, -0.2) is 62.0 Å². The van der Waals surface area contributed by atoms with Crippen LogP contribution in [0, 0.1) is 11.3 Å². The van der Waals surface area contributed by atoms with E-state index >= 15 is 0 Å². The lowest BCUT2D eigenvalue weighted by Gasteiger charge is -2.34. The first-order chi connectivity index (χ1) is 11.6. The van der Waals surface area contributed by atoms with Crippen LogP contribution in [0.3, 0.4) is 0 Å². The Kier molecular flexibility index (Phi) is 5.26. The van der Waals surface area contributed by atoms with Crippen LogP contribution in [0.25, 0.3) is 0 Å². The van der Waals surface area contributed by atoms with Gasteiger partial charge in [0.15, 0.2) is 0 Å². The molecule has 0 aliphatic carbocycles. The second-order valence-corrected chi connectivity index (χ2v) is 6.49. The van der Waals surface area contributed by atoms with Crippen molar-refractivity contribution in [3.63, 3.8) is 0 Å². The fraction of sp³-hybridized carbons (Fsp3) is 0.611. The van der Waals surface area contributed by atoms with Gasteiger partial charge in [-0.2, -0.15) is 0 Å². The number of carbonyl (C=O) groups is 1. The molecule has 0 aromatic heterocycles. The van der Waals surface area contributed by atoms with Crippen LogP contribution in [0.1, 0.15) is 13.3 Å². The third-order valence-corrected chi connectivity index (χ3v) is 4.95. The van der Waals surface area contributed by atoms with Crippen molar-refractivity contribution in [3.8, 4) is 11.5 Å². The van der Waals surface area contributed by atoms with Crippen LogP contribution in [0.2, 0.25) is 0 Å². The Balaban J connectivity index is 1.52. The number of carboxylic acids is 1. The van der Waals surface area contributed by atoms with Crippen molar-refractivity contribution in [2.45, 2.75) is 13.3 Å². The number of hydrogen-bond acceptors (Lipinski definition) is 5. The summed E-state index contributed by atoms with van der Waals surface area (Å²) in [6.07, 6.45) is 0.820. The van der Waals surface area contributed by atoms with E-state index < -0.39 is 11.4 Å². The minimum absolute atomic E-state index is 0.171.